The summed E-state index contributed by atoms with van der Waals surface area (Å²) in [5.74, 6) is 0. The van der Waals surface area contributed by atoms with E-state index in [1.54, 1.807) is 0 Å². The van der Waals surface area contributed by atoms with E-state index in [2.05, 4.69) is 47.8 Å². The van der Waals surface area contributed by atoms with Gasteiger partial charge in [-0.15, -0.1) is 11.6 Å². The zero-order valence-electron chi connectivity index (χ0n) is 6.01. The maximum absolute atomic E-state index is 6.04. The molecule has 0 aromatic carbocycles. The summed E-state index contributed by atoms with van der Waals surface area (Å²) in [6.07, 6.45) is 2.45. The van der Waals surface area contributed by atoms with Crippen LogP contribution in [0.4, 0.5) is 0 Å². The van der Waals surface area contributed by atoms with Gasteiger partial charge in [-0.2, -0.15) is 0 Å². The largest absolute Gasteiger partial charge is 0.153 e. The minimum Gasteiger partial charge on any atom is -0.107 e. The first-order valence-electron chi connectivity index (χ1n) is 3.21. The molecule has 0 fully saturated rings. The standard InChI is InChI=1S/C6H9Br3Cl2/c1-2-5(7,10)3-4-6(8,9)11/h2-4H2,1H3. The Hall–Kier alpha value is 2.02. The second-order valence-corrected chi connectivity index (χ2v) is 10.4. The monoisotopic (exact) mass is 388 g/mol. The van der Waals surface area contributed by atoms with E-state index in [1.807, 2.05) is 6.92 Å². The number of alkyl halides is 5. The normalized spacial score (nSPS) is 18.0. The van der Waals surface area contributed by atoms with Crippen molar-refractivity contribution >= 4 is 71.0 Å². The summed E-state index contributed by atoms with van der Waals surface area (Å²) in [6.45, 7) is 2.03. The lowest BCUT2D eigenvalue weighted by atomic mass is 10.2. The fraction of sp³-hybridized carbons (Fsp3) is 1.00. The van der Waals surface area contributed by atoms with Crippen LogP contribution >= 0.6 is 71.0 Å². The van der Waals surface area contributed by atoms with E-state index >= 15 is 0 Å². The van der Waals surface area contributed by atoms with E-state index in [0.29, 0.717) is 0 Å². The Morgan fingerprint density at radius 3 is 1.82 bits per heavy atom. The van der Waals surface area contributed by atoms with Crippen LogP contribution in [-0.4, -0.2) is 6.48 Å². The van der Waals surface area contributed by atoms with Gasteiger partial charge in [-0.3, -0.25) is 0 Å². The van der Waals surface area contributed by atoms with Gasteiger partial charge in [0.1, 0.15) is 0 Å². The van der Waals surface area contributed by atoms with Gasteiger partial charge in [0.05, 0.1) is 3.78 Å². The summed E-state index contributed by atoms with van der Waals surface area (Å²) in [5.41, 5.74) is 0. The first-order valence-corrected chi connectivity index (χ1v) is 6.35. The quantitative estimate of drug-likeness (QED) is 0.579. The summed E-state index contributed by atoms with van der Waals surface area (Å²) < 4.78 is -0.822. The van der Waals surface area contributed by atoms with E-state index in [4.69, 9.17) is 23.2 Å². The van der Waals surface area contributed by atoms with Gasteiger partial charge in [0.2, 0.25) is 0 Å². The smallest absolute Gasteiger partial charge is 0.107 e. The van der Waals surface area contributed by atoms with Crippen molar-refractivity contribution < 1.29 is 0 Å². The molecular weight excluding hydrogens is 383 g/mol. The number of hydrogen-bond acceptors (Lipinski definition) is 0. The molecule has 0 aliphatic rings. The van der Waals surface area contributed by atoms with Gasteiger partial charge in [0.25, 0.3) is 0 Å². The van der Waals surface area contributed by atoms with E-state index in [9.17, 15) is 0 Å². The fourth-order valence-electron chi connectivity index (χ4n) is 0.501. The van der Waals surface area contributed by atoms with Crippen LogP contribution in [0.2, 0.25) is 0 Å². The average Bonchev–Trinajstić information content (AvgIpc) is 1.83. The zero-order valence-corrected chi connectivity index (χ0v) is 12.3. The second kappa shape index (κ2) is 5.04. The second-order valence-electron chi connectivity index (χ2n) is 2.32. The molecule has 0 aliphatic carbocycles. The Morgan fingerprint density at radius 2 is 1.55 bits per heavy atom. The van der Waals surface area contributed by atoms with Crippen LogP contribution < -0.4 is 0 Å². The van der Waals surface area contributed by atoms with Crippen LogP contribution in [0, 0.1) is 0 Å². The Bertz CT molecular complexity index is 119. The predicted molar refractivity (Wildman–Crippen MR) is 63.5 cm³/mol. The molecule has 1 unspecified atom stereocenters. The highest BCUT2D eigenvalue weighted by Gasteiger charge is 2.26. The molecular formula is C6H9Br3Cl2. The topological polar surface area (TPSA) is 0 Å². The van der Waals surface area contributed by atoms with E-state index in [-0.39, 0.29) is 3.78 Å². The highest BCUT2D eigenvalue weighted by atomic mass is 79.9. The SMILES string of the molecule is CCC(Cl)(Br)CCC(Cl)(Br)Br. The van der Waals surface area contributed by atoms with Gasteiger partial charge in [0.15, 0.2) is 2.69 Å². The molecule has 68 valence electrons. The van der Waals surface area contributed by atoms with Crippen LogP contribution in [0.15, 0.2) is 0 Å². The third kappa shape index (κ3) is 8.35. The highest BCUT2D eigenvalue weighted by molar-refractivity contribution is 9.26. The number of rotatable bonds is 4. The summed E-state index contributed by atoms with van der Waals surface area (Å²) in [6, 6.07) is 0. The van der Waals surface area contributed by atoms with Gasteiger partial charge in [0, 0.05) is 0 Å². The maximum atomic E-state index is 6.04. The molecule has 0 aromatic heterocycles. The van der Waals surface area contributed by atoms with E-state index in [0.717, 1.165) is 19.3 Å². The van der Waals surface area contributed by atoms with E-state index in [1.165, 1.54) is 0 Å². The molecule has 0 amide bonds. The fourth-order valence-corrected chi connectivity index (χ4v) is 1.29. The van der Waals surface area contributed by atoms with Crippen LogP contribution in [0.5, 0.6) is 0 Å². The lowest BCUT2D eigenvalue weighted by Gasteiger charge is -2.20. The summed E-state index contributed by atoms with van der Waals surface area (Å²) in [4.78, 5) is 0. The predicted octanol–water partition coefficient (Wildman–Crippen LogP) is 5.19. The van der Waals surface area contributed by atoms with Crippen molar-refractivity contribution in [3.8, 4) is 0 Å². The zero-order chi connectivity index (χ0) is 9.12. The molecule has 0 spiro atoms. The molecule has 0 rings (SSSR count). The lowest BCUT2D eigenvalue weighted by Crippen LogP contribution is -2.14. The van der Waals surface area contributed by atoms with Gasteiger partial charge >= 0.3 is 0 Å². The molecule has 0 saturated carbocycles. The Balaban J connectivity index is 3.70. The minimum atomic E-state index is -0.511. The molecule has 1 atom stereocenters. The molecule has 0 aromatic rings. The van der Waals surface area contributed by atoms with Crippen molar-refractivity contribution in [2.24, 2.45) is 0 Å². The van der Waals surface area contributed by atoms with Gasteiger partial charge in [-0.25, -0.2) is 0 Å². The summed E-state index contributed by atoms with van der Waals surface area (Å²) in [5, 5.41) is 0. The van der Waals surface area contributed by atoms with Gasteiger partial charge in [-0.1, -0.05) is 66.3 Å². The molecule has 11 heavy (non-hydrogen) atoms. The molecule has 0 nitrogen and oxygen atoms in total. The van der Waals surface area contributed by atoms with Crippen molar-refractivity contribution in [3.63, 3.8) is 0 Å². The van der Waals surface area contributed by atoms with Crippen LogP contribution in [-0.2, 0) is 0 Å². The van der Waals surface area contributed by atoms with Crippen LogP contribution in [0.3, 0.4) is 0 Å². The van der Waals surface area contributed by atoms with Crippen molar-refractivity contribution in [1.82, 2.24) is 0 Å². The van der Waals surface area contributed by atoms with Crippen LogP contribution in [0.25, 0.3) is 0 Å². The lowest BCUT2D eigenvalue weighted by molar-refractivity contribution is 0.666. The molecule has 0 saturated heterocycles. The molecule has 0 heterocycles. The first kappa shape index (κ1) is 13.0. The van der Waals surface area contributed by atoms with Gasteiger partial charge < -0.3 is 0 Å². The van der Waals surface area contributed by atoms with Crippen molar-refractivity contribution in [2.45, 2.75) is 32.7 Å². The molecule has 0 radical (unpaired) electrons. The molecule has 5 heteroatoms. The molecule has 0 bridgehead atoms. The molecule has 0 N–H and O–H groups in total. The minimum absolute atomic E-state index is 0.311. The number of hydrogen-bond donors (Lipinski definition) is 0. The molecule has 0 aliphatic heterocycles. The van der Waals surface area contributed by atoms with Gasteiger partial charge in [-0.05, 0) is 19.3 Å². The van der Waals surface area contributed by atoms with Crippen molar-refractivity contribution in [2.75, 3.05) is 0 Å². The Morgan fingerprint density at radius 1 is 1.09 bits per heavy atom. The maximum Gasteiger partial charge on any atom is 0.153 e. The van der Waals surface area contributed by atoms with Crippen LogP contribution in [0.1, 0.15) is 26.2 Å². The summed E-state index contributed by atoms with van der Waals surface area (Å²) in [7, 11) is 0. The van der Waals surface area contributed by atoms with E-state index < -0.39 is 2.69 Å². The average molecular weight is 392 g/mol. The Kier molecular flexibility index (Phi) is 5.96. The Labute approximate surface area is 103 Å². The third-order valence-corrected chi connectivity index (χ3v) is 3.69. The van der Waals surface area contributed by atoms with Crippen molar-refractivity contribution in [3.05, 3.63) is 0 Å². The third-order valence-electron chi connectivity index (χ3n) is 1.29. The first-order chi connectivity index (χ1) is 4.77. The summed E-state index contributed by atoms with van der Waals surface area (Å²) >= 11 is 21.8. The highest BCUT2D eigenvalue weighted by Crippen LogP contribution is 2.41. The van der Waals surface area contributed by atoms with Crippen molar-refractivity contribution in [1.29, 1.82) is 0 Å². The number of halogens is 5.